The van der Waals surface area contributed by atoms with Gasteiger partial charge in [0.15, 0.2) is 0 Å². The van der Waals surface area contributed by atoms with Gasteiger partial charge in [0.1, 0.15) is 5.82 Å². The summed E-state index contributed by atoms with van der Waals surface area (Å²) in [4.78, 5) is 11.7. The van der Waals surface area contributed by atoms with Gasteiger partial charge >= 0.3 is 0 Å². The fraction of sp³-hybridized carbons (Fsp3) is 0.0714. The minimum atomic E-state index is -0.375. The number of benzene rings is 2. The van der Waals surface area contributed by atoms with Crippen LogP contribution in [0.1, 0.15) is 5.56 Å². The van der Waals surface area contributed by atoms with E-state index in [4.69, 9.17) is 5.73 Å². The van der Waals surface area contributed by atoms with E-state index in [1.807, 2.05) is 0 Å². The molecule has 92 valence electrons. The Morgan fingerprint density at radius 3 is 2.56 bits per heavy atom. The largest absolute Gasteiger partial charge is 0.399 e. The summed E-state index contributed by atoms with van der Waals surface area (Å²) < 4.78 is 12.9. The van der Waals surface area contributed by atoms with Crippen LogP contribution < -0.4 is 11.1 Å². The van der Waals surface area contributed by atoms with E-state index < -0.39 is 0 Å². The molecule has 2 rings (SSSR count). The molecule has 2 aromatic rings. The highest BCUT2D eigenvalue weighted by Gasteiger charge is 2.04. The summed E-state index contributed by atoms with van der Waals surface area (Å²) in [5.41, 5.74) is 7.53. The van der Waals surface area contributed by atoms with Crippen molar-refractivity contribution in [2.45, 2.75) is 6.42 Å². The van der Waals surface area contributed by atoms with Gasteiger partial charge in [-0.05, 0) is 35.9 Å². The lowest BCUT2D eigenvalue weighted by atomic mass is 10.1. The molecule has 0 aliphatic carbocycles. The molecule has 0 aliphatic rings. The van der Waals surface area contributed by atoms with Crippen LogP contribution >= 0.6 is 0 Å². The fourth-order valence-electron chi connectivity index (χ4n) is 1.59. The molecule has 0 spiro atoms. The smallest absolute Gasteiger partial charge is 0.228 e. The van der Waals surface area contributed by atoms with Gasteiger partial charge in [-0.2, -0.15) is 0 Å². The van der Waals surface area contributed by atoms with Gasteiger partial charge in [0.2, 0.25) is 5.91 Å². The number of carbonyl (C=O) groups excluding carboxylic acids is 1. The molecule has 0 aromatic heterocycles. The summed E-state index contributed by atoms with van der Waals surface area (Å²) in [5, 5.41) is 2.64. The summed E-state index contributed by atoms with van der Waals surface area (Å²) in [6.07, 6.45) is 0.233. The molecule has 1 amide bonds. The molecule has 3 nitrogen and oxygen atoms in total. The Bertz CT molecular complexity index is 552. The molecule has 0 saturated heterocycles. The Balaban J connectivity index is 1.98. The van der Waals surface area contributed by atoms with Gasteiger partial charge in [-0.3, -0.25) is 4.79 Å². The maximum absolute atomic E-state index is 12.9. The molecule has 3 N–H and O–H groups in total. The van der Waals surface area contributed by atoms with Crippen molar-refractivity contribution in [2.75, 3.05) is 11.1 Å². The minimum Gasteiger partial charge on any atom is -0.399 e. The van der Waals surface area contributed by atoms with Crippen molar-refractivity contribution in [1.82, 2.24) is 0 Å². The topological polar surface area (TPSA) is 55.1 Å². The summed E-state index contributed by atoms with van der Waals surface area (Å²) >= 11 is 0. The first-order chi connectivity index (χ1) is 8.63. The van der Waals surface area contributed by atoms with Crippen LogP contribution in [-0.2, 0) is 11.2 Å². The van der Waals surface area contributed by atoms with Gasteiger partial charge < -0.3 is 11.1 Å². The molecule has 18 heavy (non-hydrogen) atoms. The van der Waals surface area contributed by atoms with Crippen LogP contribution in [0.25, 0.3) is 0 Å². The molecule has 4 heteroatoms. The van der Waals surface area contributed by atoms with Crippen molar-refractivity contribution in [3.63, 3.8) is 0 Å². The third kappa shape index (κ3) is 3.31. The van der Waals surface area contributed by atoms with E-state index >= 15 is 0 Å². The molecule has 0 aliphatic heterocycles. The fourth-order valence-corrected chi connectivity index (χ4v) is 1.59. The van der Waals surface area contributed by atoms with E-state index in [9.17, 15) is 9.18 Å². The average molecular weight is 244 g/mol. The molecule has 0 radical (unpaired) electrons. The Labute approximate surface area is 104 Å². The Morgan fingerprint density at radius 2 is 1.89 bits per heavy atom. The van der Waals surface area contributed by atoms with Crippen LogP contribution in [0.2, 0.25) is 0 Å². The highest BCUT2D eigenvalue weighted by molar-refractivity contribution is 5.92. The van der Waals surface area contributed by atoms with Crippen molar-refractivity contribution in [3.8, 4) is 0 Å². The van der Waals surface area contributed by atoms with Gasteiger partial charge in [-0.15, -0.1) is 0 Å². The van der Waals surface area contributed by atoms with Crippen molar-refractivity contribution in [2.24, 2.45) is 0 Å². The molecular weight excluding hydrogens is 231 g/mol. The lowest BCUT2D eigenvalue weighted by Gasteiger charge is -2.05. The van der Waals surface area contributed by atoms with E-state index in [0.29, 0.717) is 11.4 Å². The number of anilines is 2. The third-order valence-electron chi connectivity index (χ3n) is 2.45. The second-order valence-corrected chi connectivity index (χ2v) is 3.98. The summed E-state index contributed by atoms with van der Waals surface area (Å²) in [7, 11) is 0. The predicted molar refractivity (Wildman–Crippen MR) is 69.6 cm³/mol. The molecule has 0 atom stereocenters. The molecule has 2 aromatic carbocycles. The van der Waals surface area contributed by atoms with Gasteiger partial charge in [0, 0.05) is 11.4 Å². The second kappa shape index (κ2) is 5.31. The zero-order valence-electron chi connectivity index (χ0n) is 9.69. The van der Waals surface area contributed by atoms with Crippen LogP contribution in [0, 0.1) is 5.82 Å². The summed E-state index contributed by atoms with van der Waals surface area (Å²) in [6, 6.07) is 12.9. The molecule has 0 heterocycles. The van der Waals surface area contributed by atoms with Gasteiger partial charge in [-0.1, -0.05) is 18.2 Å². The highest BCUT2D eigenvalue weighted by atomic mass is 19.1. The number of carbonyl (C=O) groups is 1. The number of nitrogens with two attached hydrogens (primary N) is 1. The number of nitrogens with one attached hydrogen (secondary N) is 1. The van der Waals surface area contributed by atoms with Crippen LogP contribution in [-0.4, -0.2) is 5.91 Å². The van der Waals surface area contributed by atoms with Crippen LogP contribution in [0.15, 0.2) is 48.5 Å². The Morgan fingerprint density at radius 1 is 1.17 bits per heavy atom. The van der Waals surface area contributed by atoms with Crippen molar-refractivity contribution in [3.05, 3.63) is 59.9 Å². The highest BCUT2D eigenvalue weighted by Crippen LogP contribution is 2.11. The maximum Gasteiger partial charge on any atom is 0.228 e. The first-order valence-electron chi connectivity index (χ1n) is 5.53. The third-order valence-corrected chi connectivity index (χ3v) is 2.45. The summed E-state index contributed by atoms with van der Waals surface area (Å²) in [6.45, 7) is 0. The van der Waals surface area contributed by atoms with Gasteiger partial charge in [0.05, 0.1) is 6.42 Å². The second-order valence-electron chi connectivity index (χ2n) is 3.98. The standard InChI is InChI=1S/C14H13FN2O/c15-11-2-1-3-13(9-11)17-14(18)8-10-4-6-12(16)7-5-10/h1-7,9H,8,16H2,(H,17,18). The summed E-state index contributed by atoms with van der Waals surface area (Å²) in [5.74, 6) is -0.564. The van der Waals surface area contributed by atoms with Crippen molar-refractivity contribution >= 4 is 17.3 Å². The molecular formula is C14H13FN2O. The first kappa shape index (κ1) is 12.1. The van der Waals surface area contributed by atoms with Gasteiger partial charge in [0.25, 0.3) is 0 Å². The van der Waals surface area contributed by atoms with E-state index in [-0.39, 0.29) is 18.1 Å². The van der Waals surface area contributed by atoms with E-state index in [1.54, 1.807) is 36.4 Å². The predicted octanol–water partition coefficient (Wildman–Crippen LogP) is 2.59. The van der Waals surface area contributed by atoms with Crippen molar-refractivity contribution in [1.29, 1.82) is 0 Å². The molecule has 0 unspecified atom stereocenters. The number of halogens is 1. The number of hydrogen-bond acceptors (Lipinski definition) is 2. The monoisotopic (exact) mass is 244 g/mol. The van der Waals surface area contributed by atoms with E-state index in [2.05, 4.69) is 5.32 Å². The SMILES string of the molecule is Nc1ccc(CC(=O)Nc2cccc(F)c2)cc1. The Hall–Kier alpha value is -2.36. The number of nitrogen functional groups attached to an aromatic ring is 1. The quantitative estimate of drug-likeness (QED) is 0.815. The van der Waals surface area contributed by atoms with Crippen LogP contribution in [0.3, 0.4) is 0 Å². The maximum atomic E-state index is 12.9. The zero-order valence-corrected chi connectivity index (χ0v) is 9.69. The lowest BCUT2D eigenvalue weighted by Crippen LogP contribution is -2.14. The normalized spacial score (nSPS) is 10.1. The molecule has 0 fully saturated rings. The zero-order chi connectivity index (χ0) is 13.0. The minimum absolute atomic E-state index is 0.189. The van der Waals surface area contributed by atoms with Gasteiger partial charge in [-0.25, -0.2) is 4.39 Å². The number of rotatable bonds is 3. The number of hydrogen-bond donors (Lipinski definition) is 2. The number of amides is 1. The Kier molecular flexibility index (Phi) is 3.57. The van der Waals surface area contributed by atoms with Crippen LogP contribution in [0.4, 0.5) is 15.8 Å². The average Bonchev–Trinajstić information content (AvgIpc) is 2.32. The lowest BCUT2D eigenvalue weighted by molar-refractivity contribution is -0.115. The molecule has 0 saturated carbocycles. The van der Waals surface area contributed by atoms with E-state index in [0.717, 1.165) is 5.56 Å². The van der Waals surface area contributed by atoms with E-state index in [1.165, 1.54) is 12.1 Å². The first-order valence-corrected chi connectivity index (χ1v) is 5.53. The van der Waals surface area contributed by atoms with Crippen molar-refractivity contribution < 1.29 is 9.18 Å². The molecule has 0 bridgehead atoms. The van der Waals surface area contributed by atoms with Crippen LogP contribution in [0.5, 0.6) is 0 Å².